The lowest BCUT2D eigenvalue weighted by atomic mass is 10.2. The van der Waals surface area contributed by atoms with Crippen molar-refractivity contribution in [2.45, 2.75) is 13.0 Å². The Bertz CT molecular complexity index is 749. The second kappa shape index (κ2) is 5.13. The third kappa shape index (κ3) is 2.34. The van der Waals surface area contributed by atoms with Gasteiger partial charge in [-0.2, -0.15) is 0 Å². The molecule has 0 saturated heterocycles. The van der Waals surface area contributed by atoms with E-state index >= 15 is 0 Å². The van der Waals surface area contributed by atoms with E-state index in [9.17, 15) is 4.79 Å². The Labute approximate surface area is 123 Å². The Morgan fingerprint density at radius 2 is 2.35 bits per heavy atom. The zero-order chi connectivity index (χ0) is 14.1. The molecule has 5 nitrogen and oxygen atoms in total. The van der Waals surface area contributed by atoms with Crippen LogP contribution >= 0.6 is 15.9 Å². The standard InChI is InChI=1S/C14H12BrN3O2/c1-8(13-16-5-6-17-13)18-14(19)11-7-9-3-2-4-10(15)12(9)20-11/h2-8H,1H3,(H,16,17)(H,18,19). The van der Waals surface area contributed by atoms with Gasteiger partial charge in [0.05, 0.1) is 10.5 Å². The van der Waals surface area contributed by atoms with E-state index in [0.717, 1.165) is 9.86 Å². The number of carbonyl (C=O) groups is 1. The zero-order valence-electron chi connectivity index (χ0n) is 10.7. The summed E-state index contributed by atoms with van der Waals surface area (Å²) < 4.78 is 6.42. The molecule has 1 atom stereocenters. The molecule has 0 aliphatic heterocycles. The van der Waals surface area contributed by atoms with Crippen LogP contribution in [0.5, 0.6) is 0 Å². The predicted molar refractivity (Wildman–Crippen MR) is 78.4 cm³/mol. The van der Waals surface area contributed by atoms with Crippen LogP contribution in [0.1, 0.15) is 29.3 Å². The molecule has 20 heavy (non-hydrogen) atoms. The third-order valence-electron chi connectivity index (χ3n) is 3.00. The van der Waals surface area contributed by atoms with Gasteiger partial charge in [-0.15, -0.1) is 0 Å². The van der Waals surface area contributed by atoms with E-state index in [1.165, 1.54) is 0 Å². The number of halogens is 1. The Kier molecular flexibility index (Phi) is 3.31. The maximum absolute atomic E-state index is 12.2. The highest BCUT2D eigenvalue weighted by atomic mass is 79.9. The number of para-hydroxylation sites is 1. The van der Waals surface area contributed by atoms with Crippen LogP contribution in [0.4, 0.5) is 0 Å². The molecule has 0 aliphatic carbocycles. The Morgan fingerprint density at radius 1 is 1.50 bits per heavy atom. The first-order chi connectivity index (χ1) is 9.65. The molecule has 1 aromatic carbocycles. The number of hydrogen-bond acceptors (Lipinski definition) is 3. The van der Waals surface area contributed by atoms with Crippen LogP contribution < -0.4 is 5.32 Å². The second-order valence-electron chi connectivity index (χ2n) is 4.44. The molecule has 3 rings (SSSR count). The first kappa shape index (κ1) is 12.9. The van der Waals surface area contributed by atoms with Crippen LogP contribution in [0.3, 0.4) is 0 Å². The van der Waals surface area contributed by atoms with Gasteiger partial charge in [-0.1, -0.05) is 12.1 Å². The van der Waals surface area contributed by atoms with Crippen molar-refractivity contribution in [3.05, 3.63) is 52.7 Å². The molecule has 102 valence electrons. The summed E-state index contributed by atoms with van der Waals surface area (Å²) >= 11 is 3.40. The average Bonchev–Trinajstić information content (AvgIpc) is 3.08. The smallest absolute Gasteiger partial charge is 0.287 e. The molecule has 0 spiro atoms. The van der Waals surface area contributed by atoms with Gasteiger partial charge in [0, 0.05) is 17.8 Å². The lowest BCUT2D eigenvalue weighted by Crippen LogP contribution is -2.26. The summed E-state index contributed by atoms with van der Waals surface area (Å²) in [7, 11) is 0. The third-order valence-corrected chi connectivity index (χ3v) is 3.62. The van der Waals surface area contributed by atoms with E-state index < -0.39 is 0 Å². The summed E-state index contributed by atoms with van der Waals surface area (Å²) in [4.78, 5) is 19.2. The number of hydrogen-bond donors (Lipinski definition) is 2. The number of aromatic nitrogens is 2. The zero-order valence-corrected chi connectivity index (χ0v) is 12.3. The number of H-pyrrole nitrogens is 1. The summed E-state index contributed by atoms with van der Waals surface area (Å²) in [5, 5.41) is 3.72. The number of carbonyl (C=O) groups excluding carboxylic acids is 1. The minimum atomic E-state index is -0.267. The van der Waals surface area contributed by atoms with Crippen molar-refractivity contribution in [3.63, 3.8) is 0 Å². The summed E-state index contributed by atoms with van der Waals surface area (Å²) in [6.07, 6.45) is 3.37. The van der Waals surface area contributed by atoms with Gasteiger partial charge in [-0.25, -0.2) is 4.98 Å². The number of fused-ring (bicyclic) bond motifs is 1. The molecular weight excluding hydrogens is 322 g/mol. The van der Waals surface area contributed by atoms with Crippen molar-refractivity contribution in [1.82, 2.24) is 15.3 Å². The number of benzene rings is 1. The fraction of sp³-hybridized carbons (Fsp3) is 0.143. The monoisotopic (exact) mass is 333 g/mol. The number of imidazole rings is 1. The average molecular weight is 334 g/mol. The van der Waals surface area contributed by atoms with E-state index in [4.69, 9.17) is 4.42 Å². The molecule has 0 fully saturated rings. The number of rotatable bonds is 3. The Hall–Kier alpha value is -2.08. The fourth-order valence-electron chi connectivity index (χ4n) is 1.99. The van der Waals surface area contributed by atoms with E-state index in [1.54, 1.807) is 18.5 Å². The Balaban J connectivity index is 1.84. The van der Waals surface area contributed by atoms with Gasteiger partial charge < -0.3 is 14.7 Å². The van der Waals surface area contributed by atoms with E-state index in [0.29, 0.717) is 11.4 Å². The van der Waals surface area contributed by atoms with Crippen LogP contribution in [-0.2, 0) is 0 Å². The van der Waals surface area contributed by atoms with Crippen LogP contribution in [0.15, 0.2) is 45.5 Å². The van der Waals surface area contributed by atoms with Gasteiger partial charge in [-0.3, -0.25) is 4.79 Å². The summed E-state index contributed by atoms with van der Waals surface area (Å²) in [6, 6.07) is 7.18. The van der Waals surface area contributed by atoms with Crippen LogP contribution in [0.25, 0.3) is 11.0 Å². The molecule has 0 bridgehead atoms. The van der Waals surface area contributed by atoms with Gasteiger partial charge in [0.15, 0.2) is 5.76 Å². The maximum Gasteiger partial charge on any atom is 0.287 e. The molecule has 2 aromatic heterocycles. The van der Waals surface area contributed by atoms with Gasteiger partial charge in [0.25, 0.3) is 5.91 Å². The highest BCUT2D eigenvalue weighted by Crippen LogP contribution is 2.27. The van der Waals surface area contributed by atoms with Crippen molar-refractivity contribution >= 4 is 32.8 Å². The topological polar surface area (TPSA) is 70.9 Å². The summed E-state index contributed by atoms with van der Waals surface area (Å²) in [5.74, 6) is 0.720. The largest absolute Gasteiger partial charge is 0.450 e. The Morgan fingerprint density at radius 3 is 3.05 bits per heavy atom. The number of furan rings is 1. The number of amides is 1. The molecule has 3 aromatic rings. The number of aromatic amines is 1. The molecule has 2 N–H and O–H groups in total. The van der Waals surface area contributed by atoms with Crippen molar-refractivity contribution in [2.75, 3.05) is 0 Å². The van der Waals surface area contributed by atoms with Gasteiger partial charge in [-0.05, 0) is 35.0 Å². The molecule has 1 amide bonds. The van der Waals surface area contributed by atoms with E-state index in [1.807, 2.05) is 25.1 Å². The van der Waals surface area contributed by atoms with Gasteiger partial charge >= 0.3 is 0 Å². The predicted octanol–water partition coefficient (Wildman–Crippen LogP) is 3.41. The highest BCUT2D eigenvalue weighted by molar-refractivity contribution is 9.10. The minimum Gasteiger partial charge on any atom is -0.450 e. The highest BCUT2D eigenvalue weighted by Gasteiger charge is 2.17. The van der Waals surface area contributed by atoms with Crippen molar-refractivity contribution in [3.8, 4) is 0 Å². The van der Waals surface area contributed by atoms with E-state index in [2.05, 4.69) is 31.2 Å². The lowest BCUT2D eigenvalue weighted by Gasteiger charge is -2.09. The summed E-state index contributed by atoms with van der Waals surface area (Å²) in [6.45, 7) is 1.86. The molecule has 2 heterocycles. The van der Waals surface area contributed by atoms with Crippen LogP contribution in [-0.4, -0.2) is 15.9 Å². The maximum atomic E-state index is 12.2. The number of nitrogens with zero attached hydrogens (tertiary/aromatic N) is 1. The van der Waals surface area contributed by atoms with E-state index in [-0.39, 0.29) is 17.7 Å². The quantitative estimate of drug-likeness (QED) is 0.771. The minimum absolute atomic E-state index is 0.214. The first-order valence-electron chi connectivity index (χ1n) is 6.13. The fourth-order valence-corrected chi connectivity index (χ4v) is 2.45. The van der Waals surface area contributed by atoms with Crippen molar-refractivity contribution in [1.29, 1.82) is 0 Å². The number of nitrogens with one attached hydrogen (secondary N) is 2. The van der Waals surface area contributed by atoms with Crippen LogP contribution in [0.2, 0.25) is 0 Å². The molecule has 0 saturated carbocycles. The van der Waals surface area contributed by atoms with Crippen LogP contribution in [0, 0.1) is 0 Å². The first-order valence-corrected chi connectivity index (χ1v) is 6.92. The molecule has 0 radical (unpaired) electrons. The molecule has 1 unspecified atom stereocenters. The molecule has 6 heteroatoms. The van der Waals surface area contributed by atoms with Crippen molar-refractivity contribution in [2.24, 2.45) is 0 Å². The normalized spacial score (nSPS) is 12.5. The van der Waals surface area contributed by atoms with Crippen molar-refractivity contribution < 1.29 is 9.21 Å². The second-order valence-corrected chi connectivity index (χ2v) is 5.29. The van der Waals surface area contributed by atoms with Gasteiger partial charge in [0.1, 0.15) is 11.4 Å². The lowest BCUT2D eigenvalue weighted by molar-refractivity contribution is 0.0912. The SMILES string of the molecule is CC(NC(=O)c1cc2cccc(Br)c2o1)c1ncc[nH]1. The summed E-state index contributed by atoms with van der Waals surface area (Å²) in [5.41, 5.74) is 0.670. The molecule has 0 aliphatic rings. The molecular formula is C14H12BrN3O2. The van der Waals surface area contributed by atoms with Gasteiger partial charge in [0.2, 0.25) is 0 Å².